The molecule has 0 unspecified atom stereocenters. The molecule has 0 saturated carbocycles. The summed E-state index contributed by atoms with van der Waals surface area (Å²) in [6, 6.07) is 22.5. The number of benzene rings is 2. The Balaban J connectivity index is 1.48. The predicted molar refractivity (Wildman–Crippen MR) is 143 cm³/mol. The van der Waals surface area contributed by atoms with Crippen molar-refractivity contribution < 1.29 is 9.53 Å². The van der Waals surface area contributed by atoms with Gasteiger partial charge in [-0.1, -0.05) is 55.5 Å². The van der Waals surface area contributed by atoms with Gasteiger partial charge in [-0.3, -0.25) is 4.79 Å². The Morgan fingerprint density at radius 1 is 0.892 bits per heavy atom. The van der Waals surface area contributed by atoms with Crippen LogP contribution in [0.4, 0.5) is 11.6 Å². The van der Waals surface area contributed by atoms with Gasteiger partial charge in [0.15, 0.2) is 0 Å². The fraction of sp³-hybridized carbons (Fsp3) is 0.250. The van der Waals surface area contributed by atoms with Gasteiger partial charge in [0.2, 0.25) is 11.8 Å². The van der Waals surface area contributed by atoms with E-state index in [4.69, 9.17) is 4.74 Å². The number of aryl methyl sites for hydroxylation is 1. The lowest BCUT2D eigenvalue weighted by Crippen LogP contribution is -2.45. The van der Waals surface area contributed by atoms with E-state index in [-0.39, 0.29) is 17.8 Å². The summed E-state index contributed by atoms with van der Waals surface area (Å²) in [5, 5.41) is 2.93. The van der Waals surface area contributed by atoms with Crippen molar-refractivity contribution in [3.8, 4) is 23.1 Å². The number of pyridine rings is 1. The molecule has 2 aromatic carbocycles. The monoisotopic (exact) mass is 495 g/mol. The molecule has 0 radical (unpaired) electrons. The molecule has 1 fully saturated rings. The second-order valence-electron chi connectivity index (χ2n) is 8.85. The predicted octanol–water partition coefficient (Wildman–Crippen LogP) is 4.29. The molecule has 2 aromatic heterocycles. The largest absolute Gasteiger partial charge is 0.405 e. The quantitative estimate of drug-likeness (QED) is 0.406. The van der Waals surface area contributed by atoms with Gasteiger partial charge >= 0.3 is 6.01 Å². The van der Waals surface area contributed by atoms with Gasteiger partial charge in [-0.25, -0.2) is 4.98 Å². The Hall–Kier alpha value is -4.37. The van der Waals surface area contributed by atoms with E-state index in [1.807, 2.05) is 67.6 Å². The van der Waals surface area contributed by atoms with Crippen molar-refractivity contribution in [3.05, 3.63) is 84.2 Å². The highest BCUT2D eigenvalue weighted by Gasteiger charge is 2.20. The van der Waals surface area contributed by atoms with Gasteiger partial charge in [0.25, 0.3) is 5.91 Å². The van der Waals surface area contributed by atoms with Gasteiger partial charge < -0.3 is 19.9 Å². The Bertz CT molecular complexity index is 1360. The number of hydrogen-bond acceptors (Lipinski definition) is 8. The molecule has 4 aromatic rings. The average Bonchev–Trinajstić information content (AvgIpc) is 2.94. The Kier molecular flexibility index (Phi) is 7.32. The standard InChI is InChI=1S/C28H29N7O2/c1-3-24-31-27(35-16-14-34(2)15-17-35)33-28(32-24)37-25-19-21(26(36)29-22-12-8-5-9-13-22)18-23(30-25)20-10-6-4-7-11-20/h4-13,18-19H,3,14-17H2,1-2H3,(H,29,36). The number of amides is 1. The van der Waals surface area contributed by atoms with Crippen LogP contribution in [0.3, 0.4) is 0 Å². The zero-order valence-corrected chi connectivity index (χ0v) is 21.0. The van der Waals surface area contributed by atoms with Gasteiger partial charge in [-0.05, 0) is 25.2 Å². The summed E-state index contributed by atoms with van der Waals surface area (Å²) in [6.45, 7) is 5.52. The van der Waals surface area contributed by atoms with Crippen molar-refractivity contribution in [1.82, 2.24) is 24.8 Å². The van der Waals surface area contributed by atoms with Gasteiger partial charge in [-0.15, -0.1) is 0 Å². The lowest BCUT2D eigenvalue weighted by Gasteiger charge is -2.32. The maximum Gasteiger partial charge on any atom is 0.328 e. The van der Waals surface area contributed by atoms with Crippen molar-refractivity contribution in [2.24, 2.45) is 0 Å². The van der Waals surface area contributed by atoms with Crippen molar-refractivity contribution in [1.29, 1.82) is 0 Å². The molecule has 1 amide bonds. The number of para-hydroxylation sites is 1. The number of carbonyl (C=O) groups is 1. The summed E-state index contributed by atoms with van der Waals surface area (Å²) in [6.07, 6.45) is 0.641. The minimum Gasteiger partial charge on any atom is -0.405 e. The van der Waals surface area contributed by atoms with Crippen molar-refractivity contribution in [2.75, 3.05) is 43.4 Å². The van der Waals surface area contributed by atoms with Crippen molar-refractivity contribution >= 4 is 17.5 Å². The van der Waals surface area contributed by atoms with Gasteiger partial charge in [-0.2, -0.15) is 15.0 Å². The van der Waals surface area contributed by atoms with Crippen LogP contribution in [0.2, 0.25) is 0 Å². The van der Waals surface area contributed by atoms with E-state index in [0.29, 0.717) is 35.1 Å². The van der Waals surface area contributed by atoms with E-state index < -0.39 is 0 Å². The first-order chi connectivity index (χ1) is 18.1. The van der Waals surface area contributed by atoms with Crippen LogP contribution in [0, 0.1) is 0 Å². The number of hydrogen-bond donors (Lipinski definition) is 1. The van der Waals surface area contributed by atoms with Crippen molar-refractivity contribution in [3.63, 3.8) is 0 Å². The molecular weight excluding hydrogens is 466 g/mol. The molecule has 1 aliphatic heterocycles. The highest BCUT2D eigenvalue weighted by molar-refractivity contribution is 6.05. The van der Waals surface area contributed by atoms with Crippen LogP contribution in [0.1, 0.15) is 23.1 Å². The summed E-state index contributed by atoms with van der Waals surface area (Å²) in [5.74, 6) is 1.20. The molecule has 3 heterocycles. The summed E-state index contributed by atoms with van der Waals surface area (Å²) >= 11 is 0. The highest BCUT2D eigenvalue weighted by Crippen LogP contribution is 2.26. The first kappa shape index (κ1) is 24.3. The van der Waals surface area contributed by atoms with Gasteiger partial charge in [0, 0.05) is 55.5 Å². The third kappa shape index (κ3) is 6.07. The van der Waals surface area contributed by atoms with E-state index in [0.717, 1.165) is 31.7 Å². The molecule has 0 bridgehead atoms. The summed E-state index contributed by atoms with van der Waals surface area (Å²) in [4.78, 5) is 35.9. The van der Waals surface area contributed by atoms with E-state index in [1.165, 1.54) is 0 Å². The molecule has 37 heavy (non-hydrogen) atoms. The van der Waals surface area contributed by atoms with Crippen LogP contribution >= 0.6 is 0 Å². The van der Waals surface area contributed by atoms with Crippen LogP contribution in [-0.2, 0) is 6.42 Å². The van der Waals surface area contributed by atoms with Crippen LogP contribution in [0.15, 0.2) is 72.8 Å². The second kappa shape index (κ2) is 11.1. The number of ether oxygens (including phenoxy) is 1. The maximum atomic E-state index is 13.1. The smallest absolute Gasteiger partial charge is 0.328 e. The number of aromatic nitrogens is 4. The van der Waals surface area contributed by atoms with E-state index in [9.17, 15) is 4.79 Å². The zero-order valence-electron chi connectivity index (χ0n) is 21.0. The number of anilines is 2. The molecule has 0 aliphatic carbocycles. The van der Waals surface area contributed by atoms with Crippen LogP contribution in [0.5, 0.6) is 11.9 Å². The lowest BCUT2D eigenvalue weighted by molar-refractivity contribution is 0.102. The molecule has 188 valence electrons. The van der Waals surface area contributed by atoms with Crippen LogP contribution in [-0.4, -0.2) is 64.0 Å². The minimum absolute atomic E-state index is 0.160. The number of rotatable bonds is 7. The highest BCUT2D eigenvalue weighted by atomic mass is 16.5. The normalized spacial score (nSPS) is 13.8. The third-order valence-electron chi connectivity index (χ3n) is 6.11. The van der Waals surface area contributed by atoms with Crippen LogP contribution < -0.4 is 15.0 Å². The molecule has 9 heteroatoms. The molecule has 0 atom stereocenters. The molecule has 5 rings (SSSR count). The third-order valence-corrected chi connectivity index (χ3v) is 6.11. The number of nitrogens with zero attached hydrogens (tertiary/aromatic N) is 6. The second-order valence-corrected chi connectivity index (χ2v) is 8.85. The molecule has 1 saturated heterocycles. The zero-order chi connectivity index (χ0) is 25.6. The fourth-order valence-electron chi connectivity index (χ4n) is 4.00. The van der Waals surface area contributed by atoms with Gasteiger partial charge in [0.1, 0.15) is 5.82 Å². The average molecular weight is 496 g/mol. The SMILES string of the molecule is CCc1nc(Oc2cc(C(=O)Nc3ccccc3)cc(-c3ccccc3)n2)nc(N2CCN(C)CC2)n1. The van der Waals surface area contributed by atoms with Crippen molar-refractivity contribution in [2.45, 2.75) is 13.3 Å². The van der Waals surface area contributed by atoms with Crippen LogP contribution in [0.25, 0.3) is 11.3 Å². The topological polar surface area (TPSA) is 96.4 Å². The lowest BCUT2D eigenvalue weighted by atomic mass is 10.1. The first-order valence-corrected chi connectivity index (χ1v) is 12.4. The Morgan fingerprint density at radius 2 is 1.59 bits per heavy atom. The molecule has 1 N–H and O–H groups in total. The minimum atomic E-state index is -0.265. The fourth-order valence-corrected chi connectivity index (χ4v) is 4.00. The Labute approximate surface area is 216 Å². The number of carbonyl (C=O) groups excluding carboxylic acids is 1. The molecule has 0 spiro atoms. The van der Waals surface area contributed by atoms with Gasteiger partial charge in [0.05, 0.1) is 5.69 Å². The summed E-state index contributed by atoms with van der Waals surface area (Å²) < 4.78 is 6.09. The first-order valence-electron chi connectivity index (χ1n) is 12.4. The molecule has 1 aliphatic rings. The van der Waals surface area contributed by atoms with E-state index in [2.05, 4.69) is 42.1 Å². The van der Waals surface area contributed by atoms with E-state index in [1.54, 1.807) is 12.1 Å². The Morgan fingerprint density at radius 3 is 2.30 bits per heavy atom. The summed E-state index contributed by atoms with van der Waals surface area (Å²) in [5.41, 5.74) is 2.59. The maximum absolute atomic E-state index is 13.1. The summed E-state index contributed by atoms with van der Waals surface area (Å²) in [7, 11) is 2.10. The number of nitrogens with one attached hydrogen (secondary N) is 1. The number of likely N-dealkylation sites (N-methyl/N-ethyl adjacent to an activating group) is 1. The van der Waals surface area contributed by atoms with E-state index >= 15 is 0 Å². The number of piperazine rings is 1. The molecular formula is C28H29N7O2. The molecule has 9 nitrogen and oxygen atoms in total.